The maximum absolute atomic E-state index is 13.5. The van der Waals surface area contributed by atoms with Crippen LogP contribution in [0.2, 0.25) is 0 Å². The number of aryl methyl sites for hydroxylation is 1. The van der Waals surface area contributed by atoms with E-state index < -0.39 is 0 Å². The topological polar surface area (TPSA) is 55.5 Å². The molecule has 5 rings (SSSR count). The molecule has 1 saturated heterocycles. The predicted molar refractivity (Wildman–Crippen MR) is 132 cm³/mol. The first kappa shape index (κ1) is 22.6. The smallest absolute Gasteiger partial charge is 0.274 e. The van der Waals surface area contributed by atoms with Gasteiger partial charge in [-0.2, -0.15) is 5.10 Å². The van der Waals surface area contributed by atoms with Crippen molar-refractivity contribution < 1.29 is 4.79 Å². The fourth-order valence-electron chi connectivity index (χ4n) is 6.11. The minimum atomic E-state index is 0.141. The Balaban J connectivity index is 1.19. The first-order valence-corrected chi connectivity index (χ1v) is 12.9. The number of nitrogens with zero attached hydrogens (tertiary/aromatic N) is 4. The quantitative estimate of drug-likeness (QED) is 0.673. The van der Waals surface area contributed by atoms with E-state index in [0.29, 0.717) is 17.7 Å². The highest BCUT2D eigenvalue weighted by atomic mass is 16.2. The van der Waals surface area contributed by atoms with E-state index >= 15 is 0 Å². The summed E-state index contributed by atoms with van der Waals surface area (Å²) in [7, 11) is 4.20. The molecule has 178 valence electrons. The van der Waals surface area contributed by atoms with E-state index in [4.69, 9.17) is 0 Å². The molecular formula is C27H39N5O. The molecule has 3 aliphatic rings. The summed E-state index contributed by atoms with van der Waals surface area (Å²) in [6.45, 7) is 4.99. The van der Waals surface area contributed by atoms with E-state index in [-0.39, 0.29) is 5.91 Å². The van der Waals surface area contributed by atoms with Gasteiger partial charge in [0.2, 0.25) is 0 Å². The van der Waals surface area contributed by atoms with Gasteiger partial charge in [-0.15, -0.1) is 0 Å². The molecule has 6 nitrogen and oxygen atoms in total. The molecule has 0 bridgehead atoms. The van der Waals surface area contributed by atoms with Gasteiger partial charge in [0.25, 0.3) is 5.91 Å². The lowest BCUT2D eigenvalue weighted by Gasteiger charge is -2.38. The number of carbonyl (C=O) groups excluding carboxylic acids is 1. The molecule has 6 heteroatoms. The number of nitrogens with one attached hydrogen (secondary N) is 1. The number of carbonyl (C=O) groups is 1. The minimum absolute atomic E-state index is 0.141. The van der Waals surface area contributed by atoms with Crippen LogP contribution in [0.15, 0.2) is 24.3 Å². The summed E-state index contributed by atoms with van der Waals surface area (Å²) < 4.78 is 0. The second-order valence-electron chi connectivity index (χ2n) is 10.6. The van der Waals surface area contributed by atoms with Crippen molar-refractivity contribution >= 4 is 5.91 Å². The summed E-state index contributed by atoms with van der Waals surface area (Å²) >= 11 is 0. The van der Waals surface area contributed by atoms with Gasteiger partial charge in [0.1, 0.15) is 0 Å². The van der Waals surface area contributed by atoms with Crippen LogP contribution in [-0.4, -0.2) is 83.7 Å². The standard InChI is InChI=1S/C27H39N5O/c1-30(2)13-6-14-32(27(33)26-24-9-5-10-25(24)28-29-26)19-20-11-15-31(16-12-20)23-17-21-7-3-4-8-22(21)18-23/h3-4,7-8,20,23H,5-6,9-19H2,1-2H3,(H,28,29). The van der Waals surface area contributed by atoms with Crippen molar-refractivity contribution in [2.45, 2.75) is 57.4 Å². The fourth-order valence-corrected chi connectivity index (χ4v) is 6.11. The summed E-state index contributed by atoms with van der Waals surface area (Å²) in [4.78, 5) is 20.6. The Kier molecular flexibility index (Phi) is 6.84. The number of hydrogen-bond donors (Lipinski definition) is 1. The summed E-state index contributed by atoms with van der Waals surface area (Å²) in [5.74, 6) is 0.724. The Bertz CT molecular complexity index is 934. The Hall–Kier alpha value is -2.18. The molecular weight excluding hydrogens is 410 g/mol. The lowest BCUT2D eigenvalue weighted by molar-refractivity contribution is 0.0654. The Labute approximate surface area is 198 Å². The fraction of sp³-hybridized carbons (Fsp3) is 0.630. The highest BCUT2D eigenvalue weighted by molar-refractivity contribution is 5.94. The van der Waals surface area contributed by atoms with E-state index in [1.165, 1.54) is 48.1 Å². The van der Waals surface area contributed by atoms with Crippen molar-refractivity contribution in [3.63, 3.8) is 0 Å². The summed E-state index contributed by atoms with van der Waals surface area (Å²) in [5.41, 5.74) is 6.11. The summed E-state index contributed by atoms with van der Waals surface area (Å²) in [5, 5.41) is 7.58. The van der Waals surface area contributed by atoms with Crippen molar-refractivity contribution in [3.8, 4) is 0 Å². The molecule has 1 aromatic carbocycles. The average Bonchev–Trinajstić information content (AvgIpc) is 3.53. The second kappa shape index (κ2) is 9.98. The number of amides is 1. The number of aromatic amines is 1. The van der Waals surface area contributed by atoms with Crippen LogP contribution in [0.5, 0.6) is 0 Å². The lowest BCUT2D eigenvalue weighted by Crippen LogP contribution is -2.45. The third-order valence-electron chi connectivity index (χ3n) is 8.00. The number of piperidine rings is 1. The van der Waals surface area contributed by atoms with Crippen molar-refractivity contribution in [2.75, 3.05) is 46.8 Å². The molecule has 1 amide bonds. The minimum Gasteiger partial charge on any atom is -0.337 e. The SMILES string of the molecule is CN(C)CCCN(CC1CCN(C2Cc3ccccc3C2)CC1)C(=O)c1n[nH]c2c1CCC2. The molecule has 33 heavy (non-hydrogen) atoms. The molecule has 2 aromatic rings. The zero-order valence-corrected chi connectivity index (χ0v) is 20.4. The Morgan fingerprint density at radius 3 is 2.52 bits per heavy atom. The molecule has 0 atom stereocenters. The van der Waals surface area contributed by atoms with Gasteiger partial charge in [0.15, 0.2) is 5.69 Å². The number of H-pyrrole nitrogens is 1. The van der Waals surface area contributed by atoms with Crippen molar-refractivity contribution in [3.05, 3.63) is 52.3 Å². The maximum Gasteiger partial charge on any atom is 0.274 e. The van der Waals surface area contributed by atoms with Crippen LogP contribution in [0.1, 0.15) is 58.6 Å². The maximum atomic E-state index is 13.5. The molecule has 0 spiro atoms. The van der Waals surface area contributed by atoms with Gasteiger partial charge in [-0.1, -0.05) is 24.3 Å². The van der Waals surface area contributed by atoms with E-state index in [2.05, 4.69) is 63.3 Å². The molecule has 1 aromatic heterocycles. The van der Waals surface area contributed by atoms with Crippen LogP contribution in [0, 0.1) is 5.92 Å². The molecule has 1 aliphatic heterocycles. The second-order valence-corrected chi connectivity index (χ2v) is 10.6. The molecule has 0 unspecified atom stereocenters. The third-order valence-corrected chi connectivity index (χ3v) is 8.00. The molecule has 2 heterocycles. The van der Waals surface area contributed by atoms with Crippen LogP contribution < -0.4 is 0 Å². The molecule has 1 N–H and O–H groups in total. The van der Waals surface area contributed by atoms with Gasteiger partial charge >= 0.3 is 0 Å². The number of hydrogen-bond acceptors (Lipinski definition) is 4. The third kappa shape index (κ3) is 5.02. The van der Waals surface area contributed by atoms with Gasteiger partial charge in [0, 0.05) is 30.4 Å². The number of fused-ring (bicyclic) bond motifs is 2. The molecule has 0 saturated carbocycles. The van der Waals surface area contributed by atoms with Crippen LogP contribution in [0.3, 0.4) is 0 Å². The first-order chi connectivity index (χ1) is 16.1. The zero-order chi connectivity index (χ0) is 22.8. The molecule has 1 fully saturated rings. The van der Waals surface area contributed by atoms with Crippen molar-refractivity contribution in [2.24, 2.45) is 5.92 Å². The average molecular weight is 450 g/mol. The molecule has 0 radical (unpaired) electrons. The van der Waals surface area contributed by atoms with Crippen molar-refractivity contribution in [1.82, 2.24) is 24.9 Å². The normalized spacial score (nSPS) is 19.2. The highest BCUT2D eigenvalue weighted by Crippen LogP contribution is 2.30. The summed E-state index contributed by atoms with van der Waals surface area (Å²) in [6.07, 6.45) is 8.91. The largest absolute Gasteiger partial charge is 0.337 e. The van der Waals surface area contributed by atoms with Gasteiger partial charge in [-0.3, -0.25) is 14.8 Å². The van der Waals surface area contributed by atoms with Crippen LogP contribution in [0.25, 0.3) is 0 Å². The summed E-state index contributed by atoms with van der Waals surface area (Å²) in [6, 6.07) is 9.59. The first-order valence-electron chi connectivity index (χ1n) is 12.9. The number of rotatable bonds is 8. The van der Waals surface area contributed by atoms with Gasteiger partial charge in [-0.05, 0) is 102 Å². The predicted octanol–water partition coefficient (Wildman–Crippen LogP) is 3.17. The van der Waals surface area contributed by atoms with Crippen LogP contribution >= 0.6 is 0 Å². The van der Waals surface area contributed by atoms with E-state index in [1.54, 1.807) is 0 Å². The van der Waals surface area contributed by atoms with Crippen LogP contribution in [-0.2, 0) is 25.7 Å². The van der Waals surface area contributed by atoms with E-state index in [9.17, 15) is 4.79 Å². The van der Waals surface area contributed by atoms with E-state index in [0.717, 1.165) is 58.4 Å². The van der Waals surface area contributed by atoms with Crippen LogP contribution in [0.4, 0.5) is 0 Å². The van der Waals surface area contributed by atoms with Gasteiger partial charge < -0.3 is 9.80 Å². The van der Waals surface area contributed by atoms with Crippen molar-refractivity contribution in [1.29, 1.82) is 0 Å². The monoisotopic (exact) mass is 449 g/mol. The number of aromatic nitrogens is 2. The Morgan fingerprint density at radius 2 is 1.82 bits per heavy atom. The molecule has 2 aliphatic carbocycles. The van der Waals surface area contributed by atoms with Gasteiger partial charge in [0.05, 0.1) is 0 Å². The van der Waals surface area contributed by atoms with E-state index in [1.807, 2.05) is 0 Å². The Morgan fingerprint density at radius 1 is 1.09 bits per heavy atom. The number of benzene rings is 1. The zero-order valence-electron chi connectivity index (χ0n) is 20.4. The highest BCUT2D eigenvalue weighted by Gasteiger charge is 2.32. The van der Waals surface area contributed by atoms with Gasteiger partial charge in [-0.25, -0.2) is 0 Å². The number of likely N-dealkylation sites (tertiary alicyclic amines) is 1. The lowest BCUT2D eigenvalue weighted by atomic mass is 9.94.